The van der Waals surface area contributed by atoms with Gasteiger partial charge in [0.2, 0.25) is 0 Å². The zero-order chi connectivity index (χ0) is 18.1. The highest BCUT2D eigenvalue weighted by molar-refractivity contribution is 9.11. The standard InChI is InChI=1S/C19H20BrN5O/c1-25-6-4-16(15(11-25)12-3-2-5-22-9-12)24-19-18(20)14-7-13(8-21)26-17(14)10-23-19/h2-3,5,7,9-10,14-17,24H,4,6,11H2,1H3. The van der Waals surface area contributed by atoms with Gasteiger partial charge in [-0.3, -0.25) is 4.98 Å². The highest BCUT2D eigenvalue weighted by Crippen LogP contribution is 2.37. The van der Waals surface area contributed by atoms with Gasteiger partial charge in [-0.15, -0.1) is 0 Å². The van der Waals surface area contributed by atoms with Crippen LogP contribution in [0.2, 0.25) is 0 Å². The molecule has 1 saturated heterocycles. The molecule has 3 aliphatic heterocycles. The van der Waals surface area contributed by atoms with Crippen LogP contribution in [0, 0.1) is 17.2 Å². The number of hydrogen-bond acceptors (Lipinski definition) is 6. The van der Waals surface area contributed by atoms with E-state index in [4.69, 9.17) is 10.00 Å². The van der Waals surface area contributed by atoms with Crippen LogP contribution in [0.5, 0.6) is 0 Å². The first kappa shape index (κ1) is 17.3. The van der Waals surface area contributed by atoms with Crippen molar-refractivity contribution in [2.24, 2.45) is 10.9 Å². The number of nitrogens with one attached hydrogen (secondary N) is 1. The summed E-state index contributed by atoms with van der Waals surface area (Å²) in [5.41, 5.74) is 1.24. The van der Waals surface area contributed by atoms with Crippen LogP contribution in [-0.4, -0.2) is 48.4 Å². The van der Waals surface area contributed by atoms with Crippen molar-refractivity contribution in [2.75, 3.05) is 20.1 Å². The molecule has 6 nitrogen and oxygen atoms in total. The molecule has 0 bridgehead atoms. The molecule has 1 fully saturated rings. The van der Waals surface area contributed by atoms with Gasteiger partial charge in [0.15, 0.2) is 5.76 Å². The number of fused-ring (bicyclic) bond motifs is 1. The van der Waals surface area contributed by atoms with Crippen molar-refractivity contribution >= 4 is 22.1 Å². The molecule has 3 aliphatic rings. The van der Waals surface area contributed by atoms with Crippen LogP contribution in [0.15, 0.2) is 51.7 Å². The zero-order valence-corrected chi connectivity index (χ0v) is 16.1. The minimum absolute atomic E-state index is 0.00718. The highest BCUT2D eigenvalue weighted by Gasteiger charge is 2.36. The van der Waals surface area contributed by atoms with E-state index in [0.29, 0.717) is 11.7 Å². The minimum Gasteiger partial charge on any atom is -0.474 e. The molecule has 0 saturated carbocycles. The number of aliphatic imine (C=N–C) groups is 1. The molecule has 0 radical (unpaired) electrons. The monoisotopic (exact) mass is 413 g/mol. The van der Waals surface area contributed by atoms with Crippen LogP contribution in [0.3, 0.4) is 0 Å². The average Bonchev–Trinajstić information content (AvgIpc) is 3.10. The topological polar surface area (TPSA) is 73.5 Å². The molecule has 0 amide bonds. The molecule has 4 atom stereocenters. The molecule has 4 heterocycles. The number of halogens is 1. The Morgan fingerprint density at radius 2 is 2.35 bits per heavy atom. The number of nitriles is 1. The van der Waals surface area contributed by atoms with Gasteiger partial charge in [-0.05, 0) is 37.7 Å². The fourth-order valence-corrected chi connectivity index (χ4v) is 4.40. The van der Waals surface area contributed by atoms with Gasteiger partial charge >= 0.3 is 0 Å². The second-order valence-corrected chi connectivity index (χ2v) is 7.77. The molecular weight excluding hydrogens is 394 g/mol. The smallest absolute Gasteiger partial charge is 0.194 e. The first-order chi connectivity index (χ1) is 12.7. The van der Waals surface area contributed by atoms with Crippen molar-refractivity contribution in [2.45, 2.75) is 24.5 Å². The number of hydrogen-bond donors (Lipinski definition) is 1. The SMILES string of the molecule is CN1CCC(NC2=C(Br)C3C=C(C#N)OC3C=N2)C(c2cccnc2)C1. The van der Waals surface area contributed by atoms with Crippen LogP contribution in [-0.2, 0) is 4.74 Å². The van der Waals surface area contributed by atoms with E-state index in [1.165, 1.54) is 5.56 Å². The van der Waals surface area contributed by atoms with E-state index in [2.05, 4.69) is 55.3 Å². The molecule has 134 valence electrons. The van der Waals surface area contributed by atoms with Crippen molar-refractivity contribution in [3.8, 4) is 6.07 Å². The summed E-state index contributed by atoms with van der Waals surface area (Å²) >= 11 is 3.68. The first-order valence-corrected chi connectivity index (χ1v) is 9.52. The third-order valence-electron chi connectivity index (χ3n) is 5.18. The Hall–Kier alpha value is -2.17. The molecule has 26 heavy (non-hydrogen) atoms. The Morgan fingerprint density at radius 3 is 3.12 bits per heavy atom. The lowest BCUT2D eigenvalue weighted by Gasteiger charge is -2.38. The molecule has 4 unspecified atom stereocenters. The number of likely N-dealkylation sites (N-methyl/N-ethyl adjacent to an activating group) is 1. The molecule has 0 spiro atoms. The van der Waals surface area contributed by atoms with Crippen molar-refractivity contribution in [1.29, 1.82) is 5.26 Å². The fourth-order valence-electron chi connectivity index (χ4n) is 3.79. The van der Waals surface area contributed by atoms with E-state index in [1.54, 1.807) is 6.21 Å². The summed E-state index contributed by atoms with van der Waals surface area (Å²) in [7, 11) is 2.15. The first-order valence-electron chi connectivity index (χ1n) is 8.73. The molecular formula is C19H20BrN5O. The van der Waals surface area contributed by atoms with Crippen molar-refractivity contribution in [3.05, 3.63) is 52.2 Å². The summed E-state index contributed by atoms with van der Waals surface area (Å²) in [4.78, 5) is 11.2. The van der Waals surface area contributed by atoms with E-state index in [-0.39, 0.29) is 18.1 Å². The van der Waals surface area contributed by atoms with Crippen LogP contribution in [0.1, 0.15) is 17.9 Å². The van der Waals surface area contributed by atoms with Crippen LogP contribution >= 0.6 is 15.9 Å². The van der Waals surface area contributed by atoms with E-state index >= 15 is 0 Å². The summed E-state index contributed by atoms with van der Waals surface area (Å²) in [5.74, 6) is 1.53. The molecule has 1 N–H and O–H groups in total. The molecule has 0 aromatic carbocycles. The van der Waals surface area contributed by atoms with Gasteiger partial charge in [0, 0.05) is 41.6 Å². The van der Waals surface area contributed by atoms with Gasteiger partial charge in [0.05, 0.1) is 5.92 Å². The number of pyridine rings is 1. The van der Waals surface area contributed by atoms with Gasteiger partial charge in [-0.25, -0.2) is 4.99 Å². The molecule has 1 aromatic heterocycles. The zero-order valence-electron chi connectivity index (χ0n) is 14.5. The van der Waals surface area contributed by atoms with Crippen LogP contribution in [0.25, 0.3) is 0 Å². The van der Waals surface area contributed by atoms with Gasteiger partial charge in [-0.1, -0.05) is 22.0 Å². The van der Waals surface area contributed by atoms with E-state index in [9.17, 15) is 0 Å². The number of piperidine rings is 1. The van der Waals surface area contributed by atoms with Crippen molar-refractivity contribution < 1.29 is 4.74 Å². The lowest BCUT2D eigenvalue weighted by atomic mass is 9.87. The molecule has 7 heteroatoms. The number of likely N-dealkylation sites (tertiary alicyclic amines) is 1. The predicted molar refractivity (Wildman–Crippen MR) is 103 cm³/mol. The summed E-state index contributed by atoms with van der Waals surface area (Å²) in [6.07, 6.45) is 8.23. The number of allylic oxidation sites excluding steroid dienone is 1. The van der Waals surface area contributed by atoms with Gasteiger partial charge < -0.3 is 15.0 Å². The van der Waals surface area contributed by atoms with E-state index in [1.807, 2.05) is 24.5 Å². The quantitative estimate of drug-likeness (QED) is 0.823. The number of rotatable bonds is 3. The summed E-state index contributed by atoms with van der Waals surface area (Å²) in [5, 5.41) is 12.7. The second-order valence-electron chi connectivity index (χ2n) is 6.92. The highest BCUT2D eigenvalue weighted by atomic mass is 79.9. The Balaban J connectivity index is 1.57. The average molecular weight is 414 g/mol. The van der Waals surface area contributed by atoms with Gasteiger partial charge in [0.1, 0.15) is 18.0 Å². The van der Waals surface area contributed by atoms with E-state index < -0.39 is 0 Å². The maximum absolute atomic E-state index is 9.07. The Labute approximate surface area is 161 Å². The second kappa shape index (κ2) is 7.22. The van der Waals surface area contributed by atoms with Gasteiger partial charge in [-0.2, -0.15) is 5.26 Å². The molecule has 4 rings (SSSR count). The van der Waals surface area contributed by atoms with Crippen molar-refractivity contribution in [3.63, 3.8) is 0 Å². The molecule has 1 aromatic rings. The number of nitrogens with zero attached hydrogens (tertiary/aromatic N) is 4. The van der Waals surface area contributed by atoms with Gasteiger partial charge in [0.25, 0.3) is 0 Å². The minimum atomic E-state index is -0.198. The summed E-state index contributed by atoms with van der Waals surface area (Å²) in [6, 6.07) is 6.47. The van der Waals surface area contributed by atoms with Crippen LogP contribution < -0.4 is 5.32 Å². The lowest BCUT2D eigenvalue weighted by Crippen LogP contribution is -2.47. The Kier molecular flexibility index (Phi) is 4.79. The number of ether oxygens (including phenoxy) is 1. The number of aromatic nitrogens is 1. The Bertz CT molecular complexity index is 813. The lowest BCUT2D eigenvalue weighted by molar-refractivity contribution is 0.192. The predicted octanol–water partition coefficient (Wildman–Crippen LogP) is 2.53. The third kappa shape index (κ3) is 3.27. The normalized spacial score (nSPS) is 31.0. The Morgan fingerprint density at radius 1 is 1.46 bits per heavy atom. The largest absolute Gasteiger partial charge is 0.474 e. The maximum atomic E-state index is 9.07. The van der Waals surface area contributed by atoms with Crippen molar-refractivity contribution in [1.82, 2.24) is 15.2 Å². The maximum Gasteiger partial charge on any atom is 0.194 e. The van der Waals surface area contributed by atoms with E-state index in [0.717, 1.165) is 29.8 Å². The third-order valence-corrected chi connectivity index (χ3v) is 6.08. The summed E-state index contributed by atoms with van der Waals surface area (Å²) < 4.78 is 6.52. The van der Waals surface area contributed by atoms with Crippen LogP contribution in [0.4, 0.5) is 0 Å². The molecule has 0 aliphatic carbocycles. The fraction of sp³-hybridized carbons (Fsp3) is 0.421. The summed E-state index contributed by atoms with van der Waals surface area (Å²) in [6.45, 7) is 2.02.